The zero-order valence-electron chi connectivity index (χ0n) is 16.7. The van der Waals surface area contributed by atoms with Gasteiger partial charge in [0.25, 0.3) is 5.91 Å². The Bertz CT molecular complexity index is 1360. The minimum Gasteiger partial charge on any atom is -0.337 e. The average Bonchev–Trinajstić information content (AvgIpc) is 3.40. The van der Waals surface area contributed by atoms with Gasteiger partial charge in [-0.2, -0.15) is 15.5 Å². The average molecular weight is 437 g/mol. The van der Waals surface area contributed by atoms with E-state index in [1.165, 1.54) is 16.7 Å². The van der Waals surface area contributed by atoms with Crippen molar-refractivity contribution in [3.8, 4) is 6.07 Å². The number of carbonyl (C=O) groups excluding carboxylic acids is 1. The summed E-state index contributed by atoms with van der Waals surface area (Å²) in [6.45, 7) is 0. The first-order chi connectivity index (χ1) is 15.7. The molecule has 0 aliphatic carbocycles. The van der Waals surface area contributed by atoms with E-state index >= 15 is 0 Å². The number of rotatable bonds is 4. The van der Waals surface area contributed by atoms with E-state index in [-0.39, 0.29) is 11.5 Å². The normalized spacial score (nSPS) is 17.8. The molecule has 1 aliphatic rings. The summed E-state index contributed by atoms with van der Waals surface area (Å²) >= 11 is 1.19. The fourth-order valence-electron chi connectivity index (χ4n) is 3.37. The predicted octanol–water partition coefficient (Wildman–Crippen LogP) is 5.65. The number of thioether (sulfide) groups is 1. The summed E-state index contributed by atoms with van der Waals surface area (Å²) in [6, 6.07) is 28.2. The number of anilines is 1. The number of carbonyl (C=O) groups is 1. The smallest absolute Gasteiger partial charge is 0.269 e. The van der Waals surface area contributed by atoms with Crippen LogP contribution in [0.25, 0.3) is 16.6 Å². The van der Waals surface area contributed by atoms with Gasteiger partial charge in [-0.15, -0.1) is 0 Å². The molecule has 154 valence electrons. The second kappa shape index (κ2) is 8.49. The molecule has 0 saturated carbocycles. The van der Waals surface area contributed by atoms with E-state index in [9.17, 15) is 10.1 Å². The predicted molar refractivity (Wildman–Crippen MR) is 125 cm³/mol. The van der Waals surface area contributed by atoms with Crippen molar-refractivity contribution >= 4 is 45.7 Å². The van der Waals surface area contributed by atoms with Gasteiger partial charge in [-0.05, 0) is 36.4 Å². The number of allylic oxidation sites excluding steroid dienone is 1. The summed E-state index contributed by atoms with van der Waals surface area (Å²) in [5.41, 5.74) is 3.15. The lowest BCUT2D eigenvalue weighted by molar-refractivity contribution is -0.117. The van der Waals surface area contributed by atoms with E-state index in [0.29, 0.717) is 22.2 Å². The molecular formula is C24H16N6OS. The lowest BCUT2D eigenvalue weighted by Gasteiger charge is -2.17. The Hall–Kier alpha value is -4.22. The number of H-pyrrole nitrogens is 1. The molecule has 2 heterocycles. The Labute approximate surface area is 188 Å². The molecule has 0 radical (unpaired) electrons. The largest absolute Gasteiger partial charge is 0.337 e. The van der Waals surface area contributed by atoms with Crippen molar-refractivity contribution in [2.24, 2.45) is 10.2 Å². The highest BCUT2D eigenvalue weighted by molar-refractivity contribution is 8.05. The number of nitrogens with zero attached hydrogens (tertiary/aromatic N) is 5. The van der Waals surface area contributed by atoms with E-state index in [2.05, 4.69) is 26.3 Å². The van der Waals surface area contributed by atoms with Gasteiger partial charge in [0, 0.05) is 5.69 Å². The van der Waals surface area contributed by atoms with Crippen LogP contribution < -0.4 is 4.90 Å². The van der Waals surface area contributed by atoms with Crippen molar-refractivity contribution in [3.63, 3.8) is 0 Å². The van der Waals surface area contributed by atoms with Gasteiger partial charge >= 0.3 is 0 Å². The molecule has 4 aromatic rings. The lowest BCUT2D eigenvalue weighted by Crippen LogP contribution is -2.28. The molecule has 0 spiro atoms. The lowest BCUT2D eigenvalue weighted by atomic mass is 10.2. The van der Waals surface area contributed by atoms with Gasteiger partial charge in [0.05, 0.1) is 16.7 Å². The molecule has 1 saturated heterocycles. The Morgan fingerprint density at radius 2 is 1.69 bits per heavy atom. The SMILES string of the molecule is N#C/C(=C1/SC(N=Nc2ccccc2)C(=O)N1c1ccccc1)c1nc2ccccc2[nH]1. The van der Waals surface area contributed by atoms with Crippen LogP contribution in [-0.2, 0) is 4.79 Å². The second-order valence-electron chi connectivity index (χ2n) is 6.92. The third-order valence-corrected chi connectivity index (χ3v) is 5.99. The molecule has 1 atom stereocenters. The van der Waals surface area contributed by atoms with Crippen molar-refractivity contribution in [3.05, 3.63) is 95.8 Å². The molecule has 1 fully saturated rings. The van der Waals surface area contributed by atoms with Gasteiger partial charge in [-0.1, -0.05) is 60.3 Å². The molecule has 7 nitrogen and oxygen atoms in total. The molecule has 8 heteroatoms. The number of aromatic amines is 1. The number of nitrogens with one attached hydrogen (secondary N) is 1. The highest BCUT2D eigenvalue weighted by Crippen LogP contribution is 2.43. The first-order valence-electron chi connectivity index (χ1n) is 9.85. The Morgan fingerprint density at radius 1 is 1.00 bits per heavy atom. The van der Waals surface area contributed by atoms with Gasteiger partial charge in [0.1, 0.15) is 16.7 Å². The number of para-hydroxylation sites is 3. The topological polar surface area (TPSA) is 97.5 Å². The molecule has 5 rings (SSSR count). The minimum atomic E-state index is -0.807. The van der Waals surface area contributed by atoms with Gasteiger partial charge in [0.2, 0.25) is 5.37 Å². The number of nitriles is 1. The summed E-state index contributed by atoms with van der Waals surface area (Å²) < 4.78 is 0. The number of hydrogen-bond acceptors (Lipinski definition) is 6. The maximum absolute atomic E-state index is 13.3. The molecule has 1 amide bonds. The van der Waals surface area contributed by atoms with Crippen LogP contribution in [0.3, 0.4) is 0 Å². The standard InChI is InChI=1S/C24H16N6OS/c25-15-18(21-26-19-13-7-8-14-20(19)27-21)24-30(17-11-5-2-6-12-17)23(31)22(32-24)29-28-16-9-3-1-4-10-16/h1-14,22H,(H,26,27)/b24-18-,29-28?. The Morgan fingerprint density at radius 3 is 2.41 bits per heavy atom. The van der Waals surface area contributed by atoms with E-state index in [1.807, 2.05) is 84.9 Å². The number of aromatic nitrogens is 2. The summed E-state index contributed by atoms with van der Waals surface area (Å²) in [6.07, 6.45) is 0. The van der Waals surface area contributed by atoms with Crippen molar-refractivity contribution in [1.29, 1.82) is 5.26 Å². The van der Waals surface area contributed by atoms with Crippen LogP contribution in [0.4, 0.5) is 11.4 Å². The summed E-state index contributed by atoms with van der Waals surface area (Å²) in [7, 11) is 0. The maximum atomic E-state index is 13.3. The zero-order chi connectivity index (χ0) is 21.9. The van der Waals surface area contributed by atoms with Crippen LogP contribution in [0.1, 0.15) is 5.82 Å². The van der Waals surface area contributed by atoms with Crippen LogP contribution in [0.15, 0.2) is 100 Å². The molecule has 1 N–H and O–H groups in total. The highest BCUT2D eigenvalue weighted by Gasteiger charge is 2.40. The summed E-state index contributed by atoms with van der Waals surface area (Å²) in [4.78, 5) is 22.6. The molecular weight excluding hydrogens is 420 g/mol. The number of imidazole rings is 1. The van der Waals surface area contributed by atoms with Crippen molar-refractivity contribution < 1.29 is 4.79 Å². The Balaban J connectivity index is 1.61. The van der Waals surface area contributed by atoms with E-state index in [0.717, 1.165) is 11.0 Å². The molecule has 0 bridgehead atoms. The molecule has 1 aromatic heterocycles. The van der Waals surface area contributed by atoms with Gasteiger partial charge in [0.15, 0.2) is 5.82 Å². The number of hydrogen-bond donors (Lipinski definition) is 1. The number of azo groups is 1. The first-order valence-corrected chi connectivity index (χ1v) is 10.7. The fraction of sp³-hybridized carbons (Fsp3) is 0.0417. The molecule has 1 unspecified atom stereocenters. The van der Waals surface area contributed by atoms with Gasteiger partial charge in [-0.25, -0.2) is 4.98 Å². The second-order valence-corrected chi connectivity index (χ2v) is 7.99. The van der Waals surface area contributed by atoms with Crippen molar-refractivity contribution in [2.75, 3.05) is 4.90 Å². The third kappa shape index (κ3) is 3.66. The van der Waals surface area contributed by atoms with Crippen LogP contribution in [0.2, 0.25) is 0 Å². The highest BCUT2D eigenvalue weighted by atomic mass is 32.2. The zero-order valence-corrected chi connectivity index (χ0v) is 17.5. The minimum absolute atomic E-state index is 0.264. The van der Waals surface area contributed by atoms with E-state index in [1.54, 1.807) is 0 Å². The molecule has 1 aliphatic heterocycles. The Kier molecular flexibility index (Phi) is 5.24. The van der Waals surface area contributed by atoms with Crippen LogP contribution >= 0.6 is 11.8 Å². The van der Waals surface area contributed by atoms with Gasteiger partial charge < -0.3 is 4.98 Å². The quantitative estimate of drug-likeness (QED) is 0.330. The number of amides is 1. The molecule has 32 heavy (non-hydrogen) atoms. The van der Waals surface area contributed by atoms with Crippen molar-refractivity contribution in [1.82, 2.24) is 9.97 Å². The summed E-state index contributed by atoms with van der Waals surface area (Å²) in [5, 5.41) is 18.2. The number of fused-ring (bicyclic) bond motifs is 1. The van der Waals surface area contributed by atoms with Crippen LogP contribution in [0.5, 0.6) is 0 Å². The van der Waals surface area contributed by atoms with Crippen LogP contribution in [-0.4, -0.2) is 21.2 Å². The van der Waals surface area contributed by atoms with Gasteiger partial charge in [-0.3, -0.25) is 9.69 Å². The van der Waals surface area contributed by atoms with Crippen LogP contribution in [0, 0.1) is 11.3 Å². The van der Waals surface area contributed by atoms with Crippen molar-refractivity contribution in [2.45, 2.75) is 5.37 Å². The third-order valence-electron chi connectivity index (χ3n) is 4.86. The maximum Gasteiger partial charge on any atom is 0.269 e. The fourth-order valence-corrected chi connectivity index (χ4v) is 4.44. The first kappa shape index (κ1) is 19.7. The van der Waals surface area contributed by atoms with E-state index in [4.69, 9.17) is 0 Å². The summed E-state index contributed by atoms with van der Waals surface area (Å²) in [5.74, 6) is 0.144. The molecule has 3 aromatic carbocycles. The van der Waals surface area contributed by atoms with E-state index < -0.39 is 5.37 Å². The number of benzene rings is 3. The monoisotopic (exact) mass is 436 g/mol.